The highest BCUT2D eigenvalue weighted by molar-refractivity contribution is 6.07. The minimum absolute atomic E-state index is 0.00217. The fourth-order valence-corrected chi connectivity index (χ4v) is 8.98. The average Bonchev–Trinajstić information content (AvgIpc) is 3.77. The molecule has 0 bridgehead atoms. The number of anilines is 1. The summed E-state index contributed by atoms with van der Waals surface area (Å²) in [6.07, 6.45) is 6.93. The first-order valence-corrected chi connectivity index (χ1v) is 19.7. The van der Waals surface area contributed by atoms with Gasteiger partial charge in [0.2, 0.25) is 11.8 Å². The summed E-state index contributed by atoms with van der Waals surface area (Å²) < 4.78 is 8.08. The molecule has 1 aliphatic carbocycles. The average molecular weight is 749 g/mol. The van der Waals surface area contributed by atoms with Gasteiger partial charge in [0, 0.05) is 67.2 Å². The predicted molar refractivity (Wildman–Crippen MR) is 212 cm³/mol. The molecule has 2 atom stereocenters. The number of nitrogens with one attached hydrogen (secondary N) is 1. The van der Waals surface area contributed by atoms with Crippen molar-refractivity contribution < 1.29 is 19.1 Å². The number of carbonyl (C=O) groups is 3. The Labute approximate surface area is 325 Å². The number of amides is 2. The highest BCUT2D eigenvalue weighted by Gasteiger charge is 2.42. The van der Waals surface area contributed by atoms with Gasteiger partial charge in [-0.1, -0.05) is 30.0 Å². The highest BCUT2D eigenvalue weighted by Crippen LogP contribution is 2.37. The van der Waals surface area contributed by atoms with Gasteiger partial charge in [-0.25, -0.2) is 14.6 Å². The molecular weight excluding hydrogens is 705 g/mol. The van der Waals surface area contributed by atoms with Crippen LogP contribution in [-0.4, -0.2) is 85.9 Å². The molecule has 5 heterocycles. The Hall–Kier alpha value is -5.90. The summed E-state index contributed by atoms with van der Waals surface area (Å²) in [7, 11) is 0. The third-order valence-electron chi connectivity index (χ3n) is 12.0. The summed E-state index contributed by atoms with van der Waals surface area (Å²) in [5.41, 5.74) is 11.4. The molecule has 0 radical (unpaired) electrons. The molecule has 3 saturated heterocycles. The lowest BCUT2D eigenvalue weighted by atomic mass is 9.83. The van der Waals surface area contributed by atoms with E-state index in [1.165, 1.54) is 6.33 Å². The van der Waals surface area contributed by atoms with Crippen LogP contribution in [-0.2, 0) is 16.0 Å². The fourth-order valence-electron chi connectivity index (χ4n) is 8.98. The number of Topliss-reactive ketones (excluding diaryl/α,β-unsaturated/α-hetero) is 1. The van der Waals surface area contributed by atoms with Crippen LogP contribution in [0.15, 0.2) is 79.1 Å². The Kier molecular flexibility index (Phi) is 9.79. The zero-order chi connectivity index (χ0) is 38.2. The van der Waals surface area contributed by atoms with Gasteiger partial charge < -0.3 is 15.4 Å². The third-order valence-corrected chi connectivity index (χ3v) is 12.0. The van der Waals surface area contributed by atoms with Crippen LogP contribution in [0.25, 0.3) is 22.3 Å². The second-order valence-corrected chi connectivity index (χ2v) is 15.4. The van der Waals surface area contributed by atoms with E-state index in [9.17, 15) is 14.4 Å². The first kappa shape index (κ1) is 35.8. The summed E-state index contributed by atoms with van der Waals surface area (Å²) in [4.78, 5) is 51.2. The summed E-state index contributed by atoms with van der Waals surface area (Å²) in [5.74, 6) is 7.19. The molecule has 2 unspecified atom stereocenters. The number of hydrogen-bond acceptors (Lipinski definition) is 10. The lowest BCUT2D eigenvalue weighted by Crippen LogP contribution is -2.48. The summed E-state index contributed by atoms with van der Waals surface area (Å²) >= 11 is 0. The van der Waals surface area contributed by atoms with E-state index in [4.69, 9.17) is 15.6 Å². The summed E-state index contributed by atoms with van der Waals surface area (Å²) in [6, 6.07) is 24.2. The van der Waals surface area contributed by atoms with E-state index in [1.54, 1.807) is 0 Å². The number of nitrogens with two attached hydrogens (primary N) is 1. The molecule has 5 aromatic rings. The Bertz CT molecular complexity index is 2350. The van der Waals surface area contributed by atoms with Crippen LogP contribution < -0.4 is 15.8 Å². The molecule has 3 aliphatic heterocycles. The predicted octanol–water partition coefficient (Wildman–Crippen LogP) is 5.43. The molecule has 9 rings (SSSR count). The van der Waals surface area contributed by atoms with Crippen molar-refractivity contribution in [3.8, 4) is 34.6 Å². The van der Waals surface area contributed by atoms with Crippen molar-refractivity contribution in [3.05, 3.63) is 95.8 Å². The van der Waals surface area contributed by atoms with E-state index in [-0.39, 0.29) is 30.1 Å². The number of benzene rings is 3. The smallest absolute Gasteiger partial charge is 0.230 e. The largest absolute Gasteiger partial charge is 0.457 e. The number of imide groups is 1. The minimum Gasteiger partial charge on any atom is -0.457 e. The van der Waals surface area contributed by atoms with Gasteiger partial charge in [0.05, 0.1) is 18.0 Å². The van der Waals surface area contributed by atoms with E-state index in [2.05, 4.69) is 41.6 Å². The van der Waals surface area contributed by atoms with Crippen LogP contribution in [0.5, 0.6) is 11.5 Å². The fraction of sp³-hybridized carbons (Fsp3) is 0.364. The Morgan fingerprint density at radius 3 is 2.34 bits per heavy atom. The maximum atomic E-state index is 13.1. The molecule has 3 aromatic carbocycles. The van der Waals surface area contributed by atoms with E-state index in [0.29, 0.717) is 36.8 Å². The number of likely N-dealkylation sites (tertiary alicyclic amines) is 2. The van der Waals surface area contributed by atoms with Gasteiger partial charge >= 0.3 is 0 Å². The van der Waals surface area contributed by atoms with Crippen LogP contribution in [0.2, 0.25) is 0 Å². The number of para-hydroxylation sites is 1. The van der Waals surface area contributed by atoms with E-state index < -0.39 is 11.8 Å². The number of fused-ring (bicyclic) bond motifs is 2. The number of nitrogens with zero attached hydrogens (tertiary/aromatic N) is 6. The first-order chi connectivity index (χ1) is 27.4. The van der Waals surface area contributed by atoms with Gasteiger partial charge in [-0.2, -0.15) is 5.10 Å². The molecule has 0 spiro atoms. The number of ketones is 1. The molecule has 4 aliphatic rings. The Morgan fingerprint density at radius 1 is 0.821 bits per heavy atom. The quantitative estimate of drug-likeness (QED) is 0.163. The number of piperidine rings is 3. The van der Waals surface area contributed by atoms with Gasteiger partial charge in [-0.3, -0.25) is 24.6 Å². The zero-order valence-corrected chi connectivity index (χ0v) is 31.2. The first-order valence-electron chi connectivity index (χ1n) is 19.7. The zero-order valence-electron chi connectivity index (χ0n) is 31.2. The van der Waals surface area contributed by atoms with Gasteiger partial charge in [0.15, 0.2) is 11.4 Å². The highest BCUT2D eigenvalue weighted by atomic mass is 16.5. The summed E-state index contributed by atoms with van der Waals surface area (Å²) in [5, 5.41) is 8.30. The van der Waals surface area contributed by atoms with Crippen molar-refractivity contribution in [2.75, 3.05) is 38.5 Å². The normalized spacial score (nSPS) is 21.1. The summed E-state index contributed by atoms with van der Waals surface area (Å²) in [6.45, 7) is 4.72. The van der Waals surface area contributed by atoms with Crippen LogP contribution in [0.4, 0.5) is 5.82 Å². The molecule has 3 fully saturated rings. The molecule has 2 aromatic heterocycles. The van der Waals surface area contributed by atoms with Crippen LogP contribution in [0.1, 0.15) is 66.1 Å². The van der Waals surface area contributed by atoms with Crippen LogP contribution in [0.3, 0.4) is 0 Å². The second kappa shape index (κ2) is 15.3. The van der Waals surface area contributed by atoms with Crippen molar-refractivity contribution in [2.24, 2.45) is 11.8 Å². The second-order valence-electron chi connectivity index (χ2n) is 15.4. The molecular formula is C44H44N8O4. The molecule has 12 heteroatoms. The van der Waals surface area contributed by atoms with Crippen LogP contribution >= 0.6 is 0 Å². The number of aromatic nitrogens is 4. The Morgan fingerprint density at radius 2 is 1.57 bits per heavy atom. The third kappa shape index (κ3) is 7.16. The molecule has 284 valence electrons. The van der Waals surface area contributed by atoms with Gasteiger partial charge in [0.25, 0.3) is 0 Å². The standard InChI is InChI=1S/C44H44N8O4/c45-42-39-40(29-9-11-34(12-10-29)56-33-6-2-1-3-7-33)49-52(43(39)47-27-46-42)32-18-23-51(24-19-32)31-16-21-50(22-17-31)20-4-5-28-8-13-35-30(25-28)26-37(41(35)54)36-14-15-38(53)48-44(36)55/h1-3,6-13,25,27,31-32,36-37H,14-24,26H2,(H2,45,46,47)(H,48,53,55). The van der Waals surface area contributed by atoms with Gasteiger partial charge in [-0.15, -0.1) is 0 Å². The number of rotatable bonds is 7. The topological polar surface area (TPSA) is 149 Å². The molecule has 56 heavy (non-hydrogen) atoms. The minimum atomic E-state index is -0.451. The van der Waals surface area contributed by atoms with Crippen LogP contribution in [0, 0.1) is 23.7 Å². The van der Waals surface area contributed by atoms with Crippen molar-refractivity contribution in [2.45, 2.75) is 57.0 Å². The lowest BCUT2D eigenvalue weighted by molar-refractivity contribution is -0.137. The van der Waals surface area contributed by atoms with Crippen molar-refractivity contribution in [1.82, 2.24) is 34.9 Å². The Balaban J connectivity index is 0.782. The molecule has 12 nitrogen and oxygen atoms in total. The van der Waals surface area contributed by atoms with E-state index >= 15 is 0 Å². The van der Waals surface area contributed by atoms with E-state index in [1.807, 2.05) is 72.8 Å². The SMILES string of the molecule is Nc1ncnc2c1c(-c1ccc(Oc3ccccc3)cc1)nn2C1CCN(C2CCN(CC#Cc3ccc4c(c3)CC(C3CCC(=O)NC3=O)C4=O)CC2)CC1. The van der Waals surface area contributed by atoms with Gasteiger partial charge in [-0.05, 0) is 98.7 Å². The van der Waals surface area contributed by atoms with Crippen molar-refractivity contribution >= 4 is 34.4 Å². The van der Waals surface area contributed by atoms with Gasteiger partial charge in [0.1, 0.15) is 29.3 Å². The van der Waals surface area contributed by atoms with E-state index in [0.717, 1.165) is 96.8 Å². The molecule has 3 N–H and O–H groups in total. The number of hydrogen-bond donors (Lipinski definition) is 2. The number of ether oxygens (including phenoxy) is 1. The maximum Gasteiger partial charge on any atom is 0.230 e. The monoisotopic (exact) mass is 748 g/mol. The van der Waals surface area contributed by atoms with Crippen molar-refractivity contribution in [3.63, 3.8) is 0 Å². The lowest BCUT2D eigenvalue weighted by Gasteiger charge is -2.41. The molecule has 0 saturated carbocycles. The number of nitrogen functional groups attached to an aromatic ring is 1. The number of carbonyl (C=O) groups excluding carboxylic acids is 3. The molecule has 2 amide bonds. The van der Waals surface area contributed by atoms with Crippen molar-refractivity contribution in [1.29, 1.82) is 0 Å². The maximum absolute atomic E-state index is 13.1.